The van der Waals surface area contributed by atoms with Crippen LogP contribution in [0, 0.1) is 0 Å². The third kappa shape index (κ3) is 4.20. The summed E-state index contributed by atoms with van der Waals surface area (Å²) in [7, 11) is -0.464. The van der Waals surface area contributed by atoms with E-state index in [1.165, 1.54) is 14.1 Å². The molecular formula is C12H17BrN2O2S. The van der Waals surface area contributed by atoms with E-state index in [1.807, 2.05) is 24.3 Å². The lowest BCUT2D eigenvalue weighted by Gasteiger charge is -2.20. The van der Waals surface area contributed by atoms with Crippen LogP contribution in [0.1, 0.15) is 18.0 Å². The molecule has 1 N–H and O–H groups in total. The van der Waals surface area contributed by atoms with E-state index < -0.39 is 10.2 Å². The monoisotopic (exact) mass is 332 g/mol. The van der Waals surface area contributed by atoms with Gasteiger partial charge in [0.2, 0.25) is 0 Å². The van der Waals surface area contributed by atoms with E-state index in [1.54, 1.807) is 6.08 Å². The van der Waals surface area contributed by atoms with Crippen molar-refractivity contribution in [2.75, 3.05) is 14.1 Å². The molecule has 0 aliphatic carbocycles. The van der Waals surface area contributed by atoms with Crippen LogP contribution < -0.4 is 4.72 Å². The van der Waals surface area contributed by atoms with Gasteiger partial charge >= 0.3 is 0 Å². The Kier molecular flexibility index (Phi) is 5.52. The molecule has 1 aromatic carbocycles. The molecule has 0 amide bonds. The Morgan fingerprint density at radius 2 is 1.94 bits per heavy atom. The van der Waals surface area contributed by atoms with Gasteiger partial charge < -0.3 is 0 Å². The van der Waals surface area contributed by atoms with Crippen molar-refractivity contribution in [3.05, 3.63) is 47.0 Å². The molecule has 4 nitrogen and oxygen atoms in total. The van der Waals surface area contributed by atoms with E-state index in [-0.39, 0.29) is 6.04 Å². The molecule has 1 atom stereocenters. The number of hydrogen-bond donors (Lipinski definition) is 1. The van der Waals surface area contributed by atoms with Gasteiger partial charge in [0.25, 0.3) is 10.2 Å². The molecule has 0 fully saturated rings. The third-order valence-electron chi connectivity index (χ3n) is 2.45. The number of hydrogen-bond acceptors (Lipinski definition) is 2. The molecule has 1 aromatic rings. The summed E-state index contributed by atoms with van der Waals surface area (Å²) >= 11 is 3.35. The molecule has 0 aliphatic heterocycles. The largest absolute Gasteiger partial charge is 0.279 e. The quantitative estimate of drug-likeness (QED) is 0.813. The molecule has 0 heterocycles. The Morgan fingerprint density at radius 3 is 2.39 bits per heavy atom. The zero-order chi connectivity index (χ0) is 13.8. The third-order valence-corrected chi connectivity index (χ3v) is 4.52. The molecule has 0 aromatic heterocycles. The molecule has 0 saturated heterocycles. The molecule has 0 spiro atoms. The zero-order valence-electron chi connectivity index (χ0n) is 10.4. The maximum absolute atomic E-state index is 11.8. The lowest BCUT2D eigenvalue weighted by Crippen LogP contribution is -2.37. The normalized spacial score (nSPS) is 13.6. The average Bonchev–Trinajstić information content (AvgIpc) is 2.29. The van der Waals surface area contributed by atoms with Crippen molar-refractivity contribution in [3.8, 4) is 0 Å². The highest BCUT2D eigenvalue weighted by Crippen LogP contribution is 2.21. The second-order valence-corrected chi connectivity index (χ2v) is 6.87. The number of rotatable bonds is 6. The standard InChI is InChI=1S/C12H17BrN2O2S/c1-4-5-12(14-18(16,17)15(2)3)10-6-8-11(13)9-7-10/h4,6-9,12,14H,1,5H2,2-3H3. The van der Waals surface area contributed by atoms with E-state index in [0.717, 1.165) is 14.3 Å². The Balaban J connectivity index is 2.97. The highest BCUT2D eigenvalue weighted by Gasteiger charge is 2.20. The Bertz CT molecular complexity index is 497. The van der Waals surface area contributed by atoms with Crippen LogP contribution in [-0.4, -0.2) is 26.8 Å². The van der Waals surface area contributed by atoms with Crippen LogP contribution in [0.2, 0.25) is 0 Å². The molecule has 6 heteroatoms. The summed E-state index contributed by atoms with van der Waals surface area (Å²) in [6, 6.07) is 7.24. The minimum atomic E-state index is -3.45. The first kappa shape index (κ1) is 15.4. The average molecular weight is 333 g/mol. The SMILES string of the molecule is C=CCC(NS(=O)(=O)N(C)C)c1ccc(Br)cc1. The molecule has 100 valence electrons. The van der Waals surface area contributed by atoms with Crippen molar-refractivity contribution < 1.29 is 8.42 Å². The number of nitrogens with one attached hydrogen (secondary N) is 1. The first-order valence-corrected chi connectivity index (χ1v) is 7.66. The van der Waals surface area contributed by atoms with Crippen LogP contribution in [0.25, 0.3) is 0 Å². The summed E-state index contributed by atoms with van der Waals surface area (Å²) in [5.74, 6) is 0. The number of nitrogens with zero attached hydrogens (tertiary/aromatic N) is 1. The van der Waals surface area contributed by atoms with Crippen molar-refractivity contribution in [2.24, 2.45) is 0 Å². The lowest BCUT2D eigenvalue weighted by atomic mass is 10.1. The fraction of sp³-hybridized carbons (Fsp3) is 0.333. The molecule has 18 heavy (non-hydrogen) atoms. The molecular weight excluding hydrogens is 316 g/mol. The Hall–Kier alpha value is -0.690. The van der Waals surface area contributed by atoms with Crippen LogP contribution in [0.5, 0.6) is 0 Å². The van der Waals surface area contributed by atoms with Crippen molar-refractivity contribution in [3.63, 3.8) is 0 Å². The number of halogens is 1. The van der Waals surface area contributed by atoms with Crippen LogP contribution in [0.15, 0.2) is 41.4 Å². The highest BCUT2D eigenvalue weighted by molar-refractivity contribution is 9.10. The number of benzene rings is 1. The van der Waals surface area contributed by atoms with Gasteiger partial charge in [-0.15, -0.1) is 6.58 Å². The topological polar surface area (TPSA) is 49.4 Å². The van der Waals surface area contributed by atoms with E-state index >= 15 is 0 Å². The Morgan fingerprint density at radius 1 is 1.39 bits per heavy atom. The van der Waals surface area contributed by atoms with Gasteiger partial charge in [0.15, 0.2) is 0 Å². The second kappa shape index (κ2) is 6.47. The molecule has 0 saturated carbocycles. The van der Waals surface area contributed by atoms with Gasteiger partial charge in [-0.3, -0.25) is 0 Å². The first-order chi connectivity index (χ1) is 8.36. The molecule has 0 bridgehead atoms. The minimum Gasteiger partial charge on any atom is -0.195 e. The predicted octanol–water partition coefficient (Wildman–Crippen LogP) is 2.46. The summed E-state index contributed by atoms with van der Waals surface area (Å²) < 4.78 is 28.4. The summed E-state index contributed by atoms with van der Waals surface area (Å²) in [5, 5.41) is 0. The first-order valence-electron chi connectivity index (χ1n) is 5.43. The van der Waals surface area contributed by atoms with Gasteiger partial charge in [0.1, 0.15) is 0 Å². The van der Waals surface area contributed by atoms with Crippen LogP contribution in [-0.2, 0) is 10.2 Å². The summed E-state index contributed by atoms with van der Waals surface area (Å²) in [6.45, 7) is 3.66. The van der Waals surface area contributed by atoms with Gasteiger partial charge in [-0.2, -0.15) is 17.4 Å². The van der Waals surface area contributed by atoms with Crippen molar-refractivity contribution in [1.82, 2.24) is 9.03 Å². The fourth-order valence-electron chi connectivity index (χ4n) is 1.40. The molecule has 1 rings (SSSR count). The van der Waals surface area contributed by atoms with Gasteiger partial charge in [-0.25, -0.2) is 0 Å². The maximum Gasteiger partial charge on any atom is 0.279 e. The van der Waals surface area contributed by atoms with Gasteiger partial charge in [-0.05, 0) is 24.1 Å². The minimum absolute atomic E-state index is 0.303. The molecule has 1 unspecified atom stereocenters. The van der Waals surface area contributed by atoms with Gasteiger partial charge in [0, 0.05) is 18.6 Å². The van der Waals surface area contributed by atoms with Gasteiger partial charge in [0.05, 0.1) is 6.04 Å². The maximum atomic E-state index is 11.8. The van der Waals surface area contributed by atoms with Crippen LogP contribution >= 0.6 is 15.9 Å². The zero-order valence-corrected chi connectivity index (χ0v) is 12.8. The predicted molar refractivity (Wildman–Crippen MR) is 77.4 cm³/mol. The van der Waals surface area contributed by atoms with E-state index in [4.69, 9.17) is 0 Å². The second-order valence-electron chi connectivity index (χ2n) is 4.03. The molecule has 0 aliphatic rings. The van der Waals surface area contributed by atoms with Gasteiger partial charge in [-0.1, -0.05) is 34.1 Å². The van der Waals surface area contributed by atoms with Crippen molar-refractivity contribution >= 4 is 26.1 Å². The van der Waals surface area contributed by atoms with E-state index in [9.17, 15) is 8.42 Å². The van der Waals surface area contributed by atoms with Crippen LogP contribution in [0.3, 0.4) is 0 Å². The Labute approximate surface area is 117 Å². The highest BCUT2D eigenvalue weighted by atomic mass is 79.9. The van der Waals surface area contributed by atoms with Crippen LogP contribution in [0.4, 0.5) is 0 Å². The lowest BCUT2D eigenvalue weighted by molar-refractivity contribution is 0.489. The summed E-state index contributed by atoms with van der Waals surface area (Å²) in [4.78, 5) is 0. The molecule has 0 radical (unpaired) electrons. The fourth-order valence-corrected chi connectivity index (χ4v) is 2.47. The summed E-state index contributed by atoms with van der Waals surface area (Å²) in [5.41, 5.74) is 0.906. The van der Waals surface area contributed by atoms with Crippen molar-refractivity contribution in [1.29, 1.82) is 0 Å². The van der Waals surface area contributed by atoms with Crippen molar-refractivity contribution in [2.45, 2.75) is 12.5 Å². The summed E-state index contributed by atoms with van der Waals surface area (Å²) in [6.07, 6.45) is 2.24. The smallest absolute Gasteiger partial charge is 0.195 e. The van der Waals surface area contributed by atoms with E-state index in [0.29, 0.717) is 6.42 Å². The van der Waals surface area contributed by atoms with E-state index in [2.05, 4.69) is 27.2 Å².